The number of aryl methyl sites for hydroxylation is 1. The van der Waals surface area contributed by atoms with Crippen LogP contribution in [0, 0.1) is 6.92 Å². The van der Waals surface area contributed by atoms with Crippen molar-refractivity contribution in [2.24, 2.45) is 0 Å². The van der Waals surface area contributed by atoms with E-state index in [2.05, 4.69) is 0 Å². The lowest BCUT2D eigenvalue weighted by atomic mass is 9.96. The fourth-order valence-corrected chi connectivity index (χ4v) is 2.39. The Kier molecular flexibility index (Phi) is 5.53. The van der Waals surface area contributed by atoms with Gasteiger partial charge in [-0.2, -0.15) is 0 Å². The fraction of sp³-hybridized carbons (Fsp3) is 0.222. The smallest absolute Gasteiger partial charge is 0.303 e. The van der Waals surface area contributed by atoms with Crippen LogP contribution in [0.3, 0.4) is 0 Å². The predicted octanol–water partition coefficient (Wildman–Crippen LogP) is 3.50. The molecule has 0 aromatic heterocycles. The van der Waals surface area contributed by atoms with E-state index < -0.39 is 24.0 Å². The molecule has 2 atom stereocenters. The van der Waals surface area contributed by atoms with Crippen LogP contribution in [-0.2, 0) is 9.53 Å². The van der Waals surface area contributed by atoms with Crippen LogP contribution in [0.2, 0.25) is 5.02 Å². The van der Waals surface area contributed by atoms with E-state index in [0.29, 0.717) is 10.6 Å². The number of Topliss-reactive ketones (excluding diaryl/α,β-unsaturated/α-hetero) is 1. The second kappa shape index (κ2) is 7.40. The van der Waals surface area contributed by atoms with Crippen molar-refractivity contribution in [3.8, 4) is 0 Å². The first-order valence-electron chi connectivity index (χ1n) is 7.10. The molecule has 0 bridgehead atoms. The summed E-state index contributed by atoms with van der Waals surface area (Å²) >= 11 is 5.87. The van der Waals surface area contributed by atoms with Crippen LogP contribution in [0.5, 0.6) is 0 Å². The van der Waals surface area contributed by atoms with Crippen LogP contribution in [0.1, 0.15) is 34.5 Å². The number of benzene rings is 2. The van der Waals surface area contributed by atoms with Gasteiger partial charge in [0.2, 0.25) is 0 Å². The first-order chi connectivity index (χ1) is 10.9. The molecule has 0 saturated carbocycles. The van der Waals surface area contributed by atoms with Crippen LogP contribution in [0.25, 0.3) is 0 Å². The van der Waals surface area contributed by atoms with Crippen molar-refractivity contribution in [3.05, 3.63) is 70.2 Å². The summed E-state index contributed by atoms with van der Waals surface area (Å²) in [5.74, 6) is -1.13. The van der Waals surface area contributed by atoms with Crippen molar-refractivity contribution >= 4 is 23.4 Å². The third kappa shape index (κ3) is 4.41. The maximum absolute atomic E-state index is 12.5. The van der Waals surface area contributed by atoms with Crippen LogP contribution in [-0.4, -0.2) is 23.0 Å². The molecule has 0 spiro atoms. The molecule has 0 amide bonds. The molecule has 1 N–H and O–H groups in total. The van der Waals surface area contributed by atoms with Crippen LogP contribution < -0.4 is 0 Å². The van der Waals surface area contributed by atoms with Gasteiger partial charge in [-0.25, -0.2) is 0 Å². The van der Waals surface area contributed by atoms with Gasteiger partial charge in [-0.3, -0.25) is 9.59 Å². The van der Waals surface area contributed by atoms with Crippen molar-refractivity contribution in [2.75, 3.05) is 0 Å². The Bertz CT molecular complexity index is 709. The summed E-state index contributed by atoms with van der Waals surface area (Å²) in [6.45, 7) is 3.15. The molecule has 0 heterocycles. The molecule has 0 aliphatic rings. The minimum atomic E-state index is -1.51. The third-order valence-electron chi connectivity index (χ3n) is 3.36. The number of carbonyl (C=O) groups is 2. The standard InChI is InChI=1S/C18H17ClO4/c1-11-6-8-13(9-7-11)18(23-12(2)20)17(22)16(21)14-4-3-5-15(19)10-14/h3-10,17-18,22H,1-2H3. The number of rotatable bonds is 5. The molecule has 0 radical (unpaired) electrons. The number of ether oxygens (including phenoxy) is 1. The first kappa shape index (κ1) is 17.2. The van der Waals surface area contributed by atoms with E-state index in [1.54, 1.807) is 30.3 Å². The minimum Gasteiger partial charge on any atom is -0.454 e. The molecular weight excluding hydrogens is 316 g/mol. The highest BCUT2D eigenvalue weighted by atomic mass is 35.5. The minimum absolute atomic E-state index is 0.259. The van der Waals surface area contributed by atoms with E-state index in [-0.39, 0.29) is 5.56 Å². The second-order valence-corrected chi connectivity index (χ2v) is 5.70. The molecule has 5 heteroatoms. The SMILES string of the molecule is CC(=O)OC(c1ccc(C)cc1)C(O)C(=O)c1cccc(Cl)c1. The molecule has 0 saturated heterocycles. The Hall–Kier alpha value is -2.17. The van der Waals surface area contributed by atoms with Crippen molar-refractivity contribution in [2.45, 2.75) is 26.1 Å². The normalized spacial score (nSPS) is 13.2. The van der Waals surface area contributed by atoms with Gasteiger partial charge in [0.15, 0.2) is 18.0 Å². The van der Waals surface area contributed by atoms with Crippen molar-refractivity contribution in [1.29, 1.82) is 0 Å². The lowest BCUT2D eigenvalue weighted by Crippen LogP contribution is -2.31. The van der Waals surface area contributed by atoms with Gasteiger partial charge in [0.25, 0.3) is 0 Å². The van der Waals surface area contributed by atoms with E-state index in [1.807, 2.05) is 19.1 Å². The quantitative estimate of drug-likeness (QED) is 0.672. The summed E-state index contributed by atoms with van der Waals surface area (Å²) in [6.07, 6.45) is -2.58. The third-order valence-corrected chi connectivity index (χ3v) is 3.60. The van der Waals surface area contributed by atoms with Crippen LogP contribution >= 0.6 is 11.6 Å². The highest BCUT2D eigenvalue weighted by Gasteiger charge is 2.31. The van der Waals surface area contributed by atoms with Crippen molar-refractivity contribution in [1.82, 2.24) is 0 Å². The Morgan fingerprint density at radius 2 is 1.78 bits per heavy atom. The fourth-order valence-electron chi connectivity index (χ4n) is 2.20. The predicted molar refractivity (Wildman–Crippen MR) is 87.5 cm³/mol. The van der Waals surface area contributed by atoms with Crippen LogP contribution in [0.4, 0.5) is 0 Å². The Balaban J connectivity index is 2.32. The van der Waals surface area contributed by atoms with E-state index in [1.165, 1.54) is 13.0 Å². The van der Waals surface area contributed by atoms with Crippen molar-refractivity contribution < 1.29 is 19.4 Å². The van der Waals surface area contributed by atoms with E-state index in [0.717, 1.165) is 5.56 Å². The maximum atomic E-state index is 12.5. The van der Waals surface area contributed by atoms with Gasteiger partial charge >= 0.3 is 5.97 Å². The Labute approximate surface area is 139 Å². The molecule has 4 nitrogen and oxygen atoms in total. The maximum Gasteiger partial charge on any atom is 0.303 e. The zero-order valence-corrected chi connectivity index (χ0v) is 13.6. The lowest BCUT2D eigenvalue weighted by Gasteiger charge is -2.22. The Morgan fingerprint density at radius 3 is 2.35 bits per heavy atom. The average molecular weight is 333 g/mol. The van der Waals surface area contributed by atoms with E-state index in [4.69, 9.17) is 16.3 Å². The summed E-state index contributed by atoms with van der Waals surface area (Å²) in [6, 6.07) is 13.4. The van der Waals surface area contributed by atoms with Gasteiger partial charge in [-0.1, -0.05) is 53.6 Å². The molecule has 23 heavy (non-hydrogen) atoms. The van der Waals surface area contributed by atoms with Gasteiger partial charge in [-0.05, 0) is 24.6 Å². The van der Waals surface area contributed by atoms with E-state index in [9.17, 15) is 14.7 Å². The number of halogens is 1. The number of hydrogen-bond donors (Lipinski definition) is 1. The number of carbonyl (C=O) groups excluding carboxylic acids is 2. The molecule has 120 valence electrons. The second-order valence-electron chi connectivity index (χ2n) is 5.26. The average Bonchev–Trinajstić information content (AvgIpc) is 2.52. The van der Waals surface area contributed by atoms with Crippen molar-refractivity contribution in [3.63, 3.8) is 0 Å². The number of aliphatic hydroxyl groups excluding tert-OH is 1. The topological polar surface area (TPSA) is 63.6 Å². The summed E-state index contributed by atoms with van der Waals surface area (Å²) in [4.78, 5) is 23.8. The molecule has 0 aliphatic carbocycles. The first-order valence-corrected chi connectivity index (χ1v) is 7.48. The van der Waals surface area contributed by atoms with Gasteiger partial charge in [0.05, 0.1) is 0 Å². The molecule has 2 aromatic rings. The molecule has 2 rings (SSSR count). The largest absolute Gasteiger partial charge is 0.454 e. The van der Waals surface area contributed by atoms with Gasteiger partial charge < -0.3 is 9.84 Å². The summed E-state index contributed by atoms with van der Waals surface area (Å²) in [5, 5.41) is 10.8. The Morgan fingerprint density at radius 1 is 1.13 bits per heavy atom. The lowest BCUT2D eigenvalue weighted by molar-refractivity contribution is -0.151. The number of esters is 1. The summed E-state index contributed by atoms with van der Waals surface area (Å²) in [5.41, 5.74) is 1.83. The molecule has 2 unspecified atom stereocenters. The number of ketones is 1. The summed E-state index contributed by atoms with van der Waals surface area (Å²) in [7, 11) is 0. The molecule has 0 fully saturated rings. The molecule has 2 aromatic carbocycles. The monoisotopic (exact) mass is 332 g/mol. The van der Waals surface area contributed by atoms with Crippen LogP contribution in [0.15, 0.2) is 48.5 Å². The van der Waals surface area contributed by atoms with Gasteiger partial charge in [0.1, 0.15) is 0 Å². The zero-order chi connectivity index (χ0) is 17.0. The highest BCUT2D eigenvalue weighted by Crippen LogP contribution is 2.25. The highest BCUT2D eigenvalue weighted by molar-refractivity contribution is 6.31. The van der Waals surface area contributed by atoms with Gasteiger partial charge in [-0.15, -0.1) is 0 Å². The zero-order valence-electron chi connectivity index (χ0n) is 12.8. The van der Waals surface area contributed by atoms with Gasteiger partial charge in [0, 0.05) is 17.5 Å². The van der Waals surface area contributed by atoms with E-state index >= 15 is 0 Å². The number of aliphatic hydroxyl groups is 1. The summed E-state index contributed by atoms with van der Waals surface area (Å²) < 4.78 is 5.17. The molecular formula is C18H17ClO4. The number of hydrogen-bond acceptors (Lipinski definition) is 4. The molecule has 0 aliphatic heterocycles.